The van der Waals surface area contributed by atoms with E-state index in [1.807, 2.05) is 6.07 Å². The predicted molar refractivity (Wildman–Crippen MR) is 69.9 cm³/mol. The molecule has 3 rings (SSSR count). The normalized spacial score (nSPS) is 18.5. The van der Waals surface area contributed by atoms with Gasteiger partial charge in [-0.1, -0.05) is 13.0 Å². The third-order valence-electron chi connectivity index (χ3n) is 3.87. The minimum absolute atomic E-state index is 0.00849. The Bertz CT molecular complexity index is 592. The fourth-order valence-corrected chi connectivity index (χ4v) is 2.76. The monoisotopic (exact) mass is 246 g/mol. The molecule has 96 valence electrons. The summed E-state index contributed by atoms with van der Waals surface area (Å²) in [4.78, 5) is 14.4. The van der Waals surface area contributed by atoms with E-state index in [9.17, 15) is 4.79 Å². The van der Waals surface area contributed by atoms with Gasteiger partial charge in [-0.05, 0) is 38.5 Å². The van der Waals surface area contributed by atoms with Gasteiger partial charge in [0.15, 0.2) is 0 Å². The van der Waals surface area contributed by atoms with Gasteiger partial charge >= 0.3 is 0 Å². The van der Waals surface area contributed by atoms with Gasteiger partial charge in [0.1, 0.15) is 11.5 Å². The van der Waals surface area contributed by atoms with E-state index in [1.54, 1.807) is 16.5 Å². The third kappa shape index (κ3) is 1.84. The van der Waals surface area contributed by atoms with Gasteiger partial charge in [0, 0.05) is 12.0 Å². The number of piperidine rings is 1. The Balaban J connectivity index is 1.94. The van der Waals surface area contributed by atoms with Crippen molar-refractivity contribution in [3.8, 4) is 0 Å². The molecule has 3 heterocycles. The molecule has 0 atom stereocenters. The Morgan fingerprint density at radius 1 is 1.39 bits per heavy atom. The highest BCUT2D eigenvalue weighted by Gasteiger charge is 2.23. The highest BCUT2D eigenvalue weighted by molar-refractivity contribution is 5.37. The Labute approximate surface area is 105 Å². The molecule has 0 amide bonds. The van der Waals surface area contributed by atoms with Gasteiger partial charge in [-0.2, -0.15) is 5.10 Å². The summed E-state index contributed by atoms with van der Waals surface area (Å²) >= 11 is 0. The van der Waals surface area contributed by atoms with Crippen LogP contribution in [0.3, 0.4) is 0 Å². The molecule has 1 aliphatic rings. The average Bonchev–Trinajstić information content (AvgIpc) is 2.84. The lowest BCUT2D eigenvalue weighted by Crippen LogP contribution is -2.33. The number of pyridine rings is 1. The first-order chi connectivity index (χ1) is 8.79. The van der Waals surface area contributed by atoms with E-state index in [1.165, 1.54) is 0 Å². The Morgan fingerprint density at radius 3 is 2.89 bits per heavy atom. The zero-order valence-electron chi connectivity index (χ0n) is 10.6. The third-order valence-corrected chi connectivity index (χ3v) is 3.87. The zero-order valence-corrected chi connectivity index (χ0v) is 10.6. The highest BCUT2D eigenvalue weighted by Crippen LogP contribution is 2.26. The number of fused-ring (bicyclic) bond motifs is 1. The standard InChI is InChI=1S/C13H18N4O/c1-2-16-8-6-10(7-9-16)13-15-14-11-4-3-5-12(18)17(11)13/h3-5,10,14H,2,6-9H2,1H3. The molecule has 2 aromatic rings. The van der Waals surface area contributed by atoms with Crippen molar-refractivity contribution in [1.82, 2.24) is 19.5 Å². The van der Waals surface area contributed by atoms with Gasteiger partial charge < -0.3 is 4.90 Å². The fraction of sp³-hybridized carbons (Fsp3) is 0.538. The summed E-state index contributed by atoms with van der Waals surface area (Å²) < 4.78 is 1.71. The maximum absolute atomic E-state index is 11.9. The lowest BCUT2D eigenvalue weighted by Gasteiger charge is -2.29. The van der Waals surface area contributed by atoms with Crippen LogP contribution in [-0.2, 0) is 0 Å². The van der Waals surface area contributed by atoms with Crippen LogP contribution in [0.5, 0.6) is 0 Å². The number of nitrogens with one attached hydrogen (secondary N) is 1. The van der Waals surface area contributed by atoms with Crippen LogP contribution in [-0.4, -0.2) is 39.1 Å². The summed E-state index contributed by atoms with van der Waals surface area (Å²) in [5, 5.41) is 7.30. The van der Waals surface area contributed by atoms with Crippen molar-refractivity contribution < 1.29 is 0 Å². The fourth-order valence-electron chi connectivity index (χ4n) is 2.76. The molecular formula is C13H18N4O. The van der Waals surface area contributed by atoms with Gasteiger partial charge in [-0.25, -0.2) is 4.40 Å². The van der Waals surface area contributed by atoms with Gasteiger partial charge in [0.05, 0.1) is 0 Å². The van der Waals surface area contributed by atoms with Crippen molar-refractivity contribution in [2.24, 2.45) is 0 Å². The van der Waals surface area contributed by atoms with E-state index in [0.717, 1.165) is 43.9 Å². The van der Waals surface area contributed by atoms with Crippen LogP contribution in [0.4, 0.5) is 0 Å². The summed E-state index contributed by atoms with van der Waals surface area (Å²) in [5.41, 5.74) is 0.796. The number of likely N-dealkylation sites (tertiary alicyclic amines) is 1. The summed E-state index contributed by atoms with van der Waals surface area (Å²) in [7, 11) is 0. The maximum atomic E-state index is 11.9. The Hall–Kier alpha value is -1.62. The first kappa shape index (κ1) is 11.5. The Morgan fingerprint density at radius 2 is 2.17 bits per heavy atom. The molecule has 0 radical (unpaired) electrons. The zero-order chi connectivity index (χ0) is 12.5. The van der Waals surface area contributed by atoms with Crippen LogP contribution in [0.25, 0.3) is 5.65 Å². The number of hydrogen-bond acceptors (Lipinski definition) is 3. The van der Waals surface area contributed by atoms with Crippen molar-refractivity contribution >= 4 is 5.65 Å². The van der Waals surface area contributed by atoms with Crippen LogP contribution in [0.15, 0.2) is 23.0 Å². The molecule has 18 heavy (non-hydrogen) atoms. The van der Waals surface area contributed by atoms with E-state index in [2.05, 4.69) is 22.0 Å². The molecule has 5 nitrogen and oxygen atoms in total. The smallest absolute Gasteiger partial charge is 0.257 e. The van der Waals surface area contributed by atoms with Crippen molar-refractivity contribution in [3.05, 3.63) is 34.4 Å². The van der Waals surface area contributed by atoms with E-state index < -0.39 is 0 Å². The lowest BCUT2D eigenvalue weighted by molar-refractivity contribution is 0.218. The second kappa shape index (κ2) is 4.57. The summed E-state index contributed by atoms with van der Waals surface area (Å²) in [6.07, 6.45) is 2.16. The maximum Gasteiger partial charge on any atom is 0.257 e. The SMILES string of the molecule is CCN1CCC(c2n[nH]c3cccc(=O)n23)CC1. The average molecular weight is 246 g/mol. The van der Waals surface area contributed by atoms with Gasteiger partial charge in [0.25, 0.3) is 5.56 Å². The highest BCUT2D eigenvalue weighted by atomic mass is 16.1. The lowest BCUT2D eigenvalue weighted by atomic mass is 9.96. The summed E-state index contributed by atoms with van der Waals surface area (Å²) in [6, 6.07) is 5.24. The largest absolute Gasteiger partial charge is 0.304 e. The number of aromatic amines is 1. The van der Waals surface area contributed by atoms with Crippen molar-refractivity contribution in [2.45, 2.75) is 25.7 Å². The molecular weight excluding hydrogens is 228 g/mol. The van der Waals surface area contributed by atoms with Crippen LogP contribution < -0.4 is 5.56 Å². The van der Waals surface area contributed by atoms with Gasteiger partial charge in [-0.15, -0.1) is 0 Å². The minimum atomic E-state index is 0.00849. The summed E-state index contributed by atoms with van der Waals surface area (Å²) in [5.74, 6) is 1.29. The quantitative estimate of drug-likeness (QED) is 0.867. The molecule has 1 saturated heterocycles. The van der Waals surface area contributed by atoms with Crippen molar-refractivity contribution in [2.75, 3.05) is 19.6 Å². The molecule has 1 fully saturated rings. The number of hydrogen-bond donors (Lipinski definition) is 1. The van der Waals surface area contributed by atoms with E-state index in [-0.39, 0.29) is 5.56 Å². The molecule has 1 N–H and O–H groups in total. The topological polar surface area (TPSA) is 53.4 Å². The molecule has 5 heteroatoms. The second-order valence-corrected chi connectivity index (χ2v) is 4.88. The van der Waals surface area contributed by atoms with Crippen LogP contribution in [0.1, 0.15) is 31.5 Å². The molecule has 2 aromatic heterocycles. The number of aromatic nitrogens is 3. The first-order valence-corrected chi connectivity index (χ1v) is 6.58. The number of H-pyrrole nitrogens is 1. The molecule has 0 aliphatic carbocycles. The molecule has 0 saturated carbocycles. The van der Waals surface area contributed by atoms with E-state index >= 15 is 0 Å². The minimum Gasteiger partial charge on any atom is -0.304 e. The van der Waals surface area contributed by atoms with Gasteiger partial charge in [-0.3, -0.25) is 9.89 Å². The number of rotatable bonds is 2. The van der Waals surface area contributed by atoms with Crippen molar-refractivity contribution in [1.29, 1.82) is 0 Å². The van der Waals surface area contributed by atoms with Crippen molar-refractivity contribution in [3.63, 3.8) is 0 Å². The molecule has 0 unspecified atom stereocenters. The predicted octanol–water partition coefficient (Wildman–Crippen LogP) is 1.22. The molecule has 0 spiro atoms. The summed E-state index contributed by atoms with van der Waals surface area (Å²) in [6.45, 7) is 5.48. The number of nitrogens with zero attached hydrogens (tertiary/aromatic N) is 3. The Kier molecular flexibility index (Phi) is 2.91. The van der Waals surface area contributed by atoms with Crippen LogP contribution in [0, 0.1) is 0 Å². The van der Waals surface area contributed by atoms with Crippen LogP contribution >= 0.6 is 0 Å². The molecule has 0 bridgehead atoms. The van der Waals surface area contributed by atoms with E-state index in [4.69, 9.17) is 0 Å². The first-order valence-electron chi connectivity index (χ1n) is 6.58. The second-order valence-electron chi connectivity index (χ2n) is 4.88. The van der Waals surface area contributed by atoms with E-state index in [0.29, 0.717) is 5.92 Å². The molecule has 0 aromatic carbocycles. The van der Waals surface area contributed by atoms with Crippen LogP contribution in [0.2, 0.25) is 0 Å². The van der Waals surface area contributed by atoms with Gasteiger partial charge in [0.2, 0.25) is 0 Å². The molecule has 1 aliphatic heterocycles.